The van der Waals surface area contributed by atoms with Gasteiger partial charge in [-0.15, -0.1) is 0 Å². The van der Waals surface area contributed by atoms with Crippen molar-refractivity contribution in [2.24, 2.45) is 0 Å². The lowest BCUT2D eigenvalue weighted by Gasteiger charge is -2.24. The van der Waals surface area contributed by atoms with E-state index in [4.69, 9.17) is 8.94 Å². The van der Waals surface area contributed by atoms with Gasteiger partial charge in [-0.05, 0) is 32.0 Å². The minimum atomic E-state index is -0.261. The molecule has 3 heterocycles. The minimum absolute atomic E-state index is 0.149. The van der Waals surface area contributed by atoms with Crippen LogP contribution in [0.4, 0.5) is 0 Å². The Morgan fingerprint density at radius 3 is 2.55 bits per heavy atom. The van der Waals surface area contributed by atoms with Gasteiger partial charge in [0.2, 0.25) is 0 Å². The molecule has 2 aromatic carbocycles. The Hall–Kier alpha value is -3.93. The zero-order chi connectivity index (χ0) is 21.5. The Morgan fingerprint density at radius 1 is 1.03 bits per heavy atom. The first-order valence-electron chi connectivity index (χ1n) is 10.1. The van der Waals surface area contributed by atoms with Gasteiger partial charge in [-0.2, -0.15) is 0 Å². The van der Waals surface area contributed by atoms with Crippen LogP contribution in [-0.2, 0) is 0 Å². The monoisotopic (exact) mass is 411 g/mol. The number of aromatic nitrogens is 2. The molecule has 6 nitrogen and oxygen atoms in total. The Bertz CT molecular complexity index is 1370. The second-order valence-corrected chi connectivity index (χ2v) is 7.65. The lowest BCUT2D eigenvalue weighted by molar-refractivity contribution is 0.0729. The molecule has 0 aliphatic rings. The molecule has 0 saturated carbocycles. The number of rotatable bonds is 4. The Kier molecular flexibility index (Phi) is 4.55. The molecular weight excluding hydrogens is 390 g/mol. The first-order valence-corrected chi connectivity index (χ1v) is 10.1. The van der Waals surface area contributed by atoms with Crippen LogP contribution in [0.25, 0.3) is 33.3 Å². The summed E-state index contributed by atoms with van der Waals surface area (Å²) in [4.78, 5) is 19.9. The van der Waals surface area contributed by atoms with Crippen molar-refractivity contribution < 1.29 is 13.7 Å². The van der Waals surface area contributed by atoms with E-state index in [2.05, 4.69) is 10.1 Å². The van der Waals surface area contributed by atoms with Gasteiger partial charge in [0.05, 0.1) is 28.4 Å². The summed E-state index contributed by atoms with van der Waals surface area (Å²) in [5.74, 6) is 0.580. The molecule has 1 unspecified atom stereocenters. The van der Waals surface area contributed by atoms with E-state index in [1.807, 2.05) is 80.6 Å². The van der Waals surface area contributed by atoms with E-state index >= 15 is 0 Å². The molecule has 5 rings (SSSR count). The Balaban J connectivity index is 1.57. The Labute approximate surface area is 179 Å². The molecule has 0 saturated heterocycles. The number of benzene rings is 2. The summed E-state index contributed by atoms with van der Waals surface area (Å²) < 4.78 is 11.4. The lowest BCUT2D eigenvalue weighted by Crippen LogP contribution is -2.29. The molecule has 0 bridgehead atoms. The molecule has 3 aromatic heterocycles. The SMILES string of the molecule is Cc1noc2nc(-c3ccccc3)cc(C(=O)N(C)C(C)c3cc4ccccc4o3)c12. The van der Waals surface area contributed by atoms with E-state index in [0.29, 0.717) is 28.1 Å². The van der Waals surface area contributed by atoms with Crippen molar-refractivity contribution in [2.45, 2.75) is 19.9 Å². The minimum Gasteiger partial charge on any atom is -0.459 e. The van der Waals surface area contributed by atoms with E-state index in [-0.39, 0.29) is 11.9 Å². The number of para-hydroxylation sites is 1. The van der Waals surface area contributed by atoms with Gasteiger partial charge in [-0.25, -0.2) is 4.98 Å². The number of furan rings is 1. The van der Waals surface area contributed by atoms with Crippen LogP contribution in [0, 0.1) is 6.92 Å². The van der Waals surface area contributed by atoms with Crippen molar-refractivity contribution in [1.82, 2.24) is 15.0 Å². The van der Waals surface area contributed by atoms with Gasteiger partial charge in [-0.3, -0.25) is 4.79 Å². The van der Waals surface area contributed by atoms with Crippen molar-refractivity contribution >= 4 is 28.0 Å². The summed E-state index contributed by atoms with van der Waals surface area (Å²) in [6.07, 6.45) is 0. The molecule has 1 amide bonds. The van der Waals surface area contributed by atoms with Gasteiger partial charge < -0.3 is 13.8 Å². The van der Waals surface area contributed by atoms with E-state index in [0.717, 1.165) is 22.3 Å². The summed E-state index contributed by atoms with van der Waals surface area (Å²) >= 11 is 0. The highest BCUT2D eigenvalue weighted by molar-refractivity contribution is 6.07. The van der Waals surface area contributed by atoms with Crippen LogP contribution in [0.2, 0.25) is 0 Å². The topological polar surface area (TPSA) is 72.4 Å². The molecule has 0 spiro atoms. The van der Waals surface area contributed by atoms with Gasteiger partial charge >= 0.3 is 0 Å². The first kappa shape index (κ1) is 19.1. The molecule has 0 aliphatic carbocycles. The third-order valence-corrected chi connectivity index (χ3v) is 5.67. The molecule has 0 radical (unpaired) electrons. The number of fused-ring (bicyclic) bond motifs is 2. The molecule has 0 N–H and O–H groups in total. The number of aryl methyl sites for hydroxylation is 1. The highest BCUT2D eigenvalue weighted by Gasteiger charge is 2.26. The van der Waals surface area contributed by atoms with E-state index < -0.39 is 0 Å². The quantitative estimate of drug-likeness (QED) is 0.375. The maximum Gasteiger partial charge on any atom is 0.259 e. The zero-order valence-electron chi connectivity index (χ0n) is 17.5. The van der Waals surface area contributed by atoms with Crippen LogP contribution in [0.1, 0.15) is 34.8 Å². The summed E-state index contributed by atoms with van der Waals surface area (Å²) in [6.45, 7) is 3.77. The van der Waals surface area contributed by atoms with Gasteiger partial charge in [0.25, 0.3) is 11.6 Å². The number of nitrogens with zero attached hydrogens (tertiary/aromatic N) is 3. The summed E-state index contributed by atoms with van der Waals surface area (Å²) in [5.41, 5.74) is 3.87. The maximum atomic E-state index is 13.6. The fraction of sp³-hybridized carbons (Fsp3) is 0.160. The average Bonchev–Trinajstić information content (AvgIpc) is 3.41. The van der Waals surface area contributed by atoms with Crippen LogP contribution in [0.15, 0.2) is 75.7 Å². The number of amides is 1. The smallest absolute Gasteiger partial charge is 0.259 e. The normalized spacial score (nSPS) is 12.4. The first-order chi connectivity index (χ1) is 15.0. The summed E-state index contributed by atoms with van der Waals surface area (Å²) in [6, 6.07) is 21.1. The van der Waals surface area contributed by atoms with Crippen LogP contribution in [0.3, 0.4) is 0 Å². The number of pyridine rings is 1. The van der Waals surface area contributed by atoms with E-state index in [1.165, 1.54) is 0 Å². The van der Waals surface area contributed by atoms with Crippen LogP contribution in [-0.4, -0.2) is 28.0 Å². The third-order valence-electron chi connectivity index (χ3n) is 5.67. The highest BCUT2D eigenvalue weighted by Crippen LogP contribution is 2.31. The largest absolute Gasteiger partial charge is 0.459 e. The fourth-order valence-corrected chi connectivity index (χ4v) is 3.79. The third kappa shape index (κ3) is 3.26. The van der Waals surface area contributed by atoms with Gasteiger partial charge in [0, 0.05) is 18.0 Å². The molecule has 31 heavy (non-hydrogen) atoms. The van der Waals surface area contributed by atoms with Crippen molar-refractivity contribution in [3.8, 4) is 11.3 Å². The molecule has 5 aromatic rings. The molecule has 6 heteroatoms. The molecule has 154 valence electrons. The van der Waals surface area contributed by atoms with E-state index in [9.17, 15) is 4.79 Å². The standard InChI is InChI=1S/C25H21N3O3/c1-15-23-19(14-20(26-24(23)31-27-15)17-9-5-4-6-10-17)25(29)28(3)16(2)22-13-18-11-7-8-12-21(18)30-22/h4-14,16H,1-3H3. The number of carbonyl (C=O) groups is 1. The molecular formula is C25H21N3O3. The number of carbonyl (C=O) groups excluding carboxylic acids is 1. The molecule has 1 atom stereocenters. The second kappa shape index (κ2) is 7.40. The maximum absolute atomic E-state index is 13.6. The van der Waals surface area contributed by atoms with Crippen LogP contribution >= 0.6 is 0 Å². The predicted octanol–water partition coefficient (Wildman–Crippen LogP) is 5.78. The number of hydrogen-bond acceptors (Lipinski definition) is 5. The van der Waals surface area contributed by atoms with Crippen LogP contribution < -0.4 is 0 Å². The van der Waals surface area contributed by atoms with Crippen molar-refractivity contribution in [3.05, 3.63) is 83.7 Å². The fourth-order valence-electron chi connectivity index (χ4n) is 3.79. The van der Waals surface area contributed by atoms with Gasteiger partial charge in [0.15, 0.2) is 0 Å². The van der Waals surface area contributed by atoms with Crippen molar-refractivity contribution in [2.75, 3.05) is 7.05 Å². The van der Waals surface area contributed by atoms with Gasteiger partial charge in [-0.1, -0.05) is 53.7 Å². The number of hydrogen-bond donors (Lipinski definition) is 0. The van der Waals surface area contributed by atoms with Crippen molar-refractivity contribution in [3.63, 3.8) is 0 Å². The van der Waals surface area contributed by atoms with Crippen LogP contribution in [0.5, 0.6) is 0 Å². The lowest BCUT2D eigenvalue weighted by atomic mass is 10.0. The average molecular weight is 411 g/mol. The van der Waals surface area contributed by atoms with Gasteiger partial charge in [0.1, 0.15) is 11.3 Å². The van der Waals surface area contributed by atoms with E-state index in [1.54, 1.807) is 11.9 Å². The predicted molar refractivity (Wildman–Crippen MR) is 119 cm³/mol. The summed E-state index contributed by atoms with van der Waals surface area (Å²) in [5, 5.41) is 5.68. The Morgan fingerprint density at radius 2 is 1.77 bits per heavy atom. The summed E-state index contributed by atoms with van der Waals surface area (Å²) in [7, 11) is 1.78. The second-order valence-electron chi connectivity index (χ2n) is 7.65. The van der Waals surface area contributed by atoms with Crippen molar-refractivity contribution in [1.29, 1.82) is 0 Å². The molecule has 0 aliphatic heterocycles. The molecule has 0 fully saturated rings. The zero-order valence-corrected chi connectivity index (χ0v) is 17.5. The highest BCUT2D eigenvalue weighted by atomic mass is 16.5.